The first-order valence-corrected chi connectivity index (χ1v) is 9.95. The van der Waals surface area contributed by atoms with Crippen LogP contribution in [0.2, 0.25) is 0 Å². The Kier molecular flexibility index (Phi) is 5.89. The lowest BCUT2D eigenvalue weighted by atomic mass is 10.1. The highest BCUT2D eigenvalue weighted by atomic mass is 16.2. The van der Waals surface area contributed by atoms with Crippen LogP contribution < -0.4 is 16.0 Å². The van der Waals surface area contributed by atoms with Crippen molar-refractivity contribution in [3.63, 3.8) is 0 Å². The number of nitrogens with zero attached hydrogens (tertiary/aromatic N) is 2. The van der Waals surface area contributed by atoms with E-state index in [1.807, 2.05) is 60.7 Å². The van der Waals surface area contributed by atoms with Gasteiger partial charge in [-0.1, -0.05) is 54.6 Å². The van der Waals surface area contributed by atoms with Gasteiger partial charge in [0.1, 0.15) is 0 Å². The van der Waals surface area contributed by atoms with Crippen molar-refractivity contribution in [1.29, 1.82) is 0 Å². The van der Waals surface area contributed by atoms with E-state index in [9.17, 15) is 14.4 Å². The maximum atomic E-state index is 13.5. The largest absolute Gasteiger partial charge is 0.308 e. The molecule has 6 nitrogen and oxygen atoms in total. The average molecular weight is 411 g/mol. The molecule has 0 saturated carbocycles. The molecule has 1 N–H and O–H groups in total. The quantitative estimate of drug-likeness (QED) is 0.528. The zero-order chi connectivity index (χ0) is 21.6. The fraction of sp³-hybridized carbons (Fsp3) is 0.0800. The third-order valence-corrected chi connectivity index (χ3v) is 4.95. The molecule has 0 aliphatic rings. The van der Waals surface area contributed by atoms with E-state index in [2.05, 4.69) is 5.10 Å². The lowest BCUT2D eigenvalue weighted by molar-refractivity contribution is 0.0987. The van der Waals surface area contributed by atoms with E-state index in [0.717, 1.165) is 15.9 Å². The summed E-state index contributed by atoms with van der Waals surface area (Å²) in [5.41, 5.74) is 1.99. The summed E-state index contributed by atoms with van der Waals surface area (Å²) < 4.78 is 1.13. The Morgan fingerprint density at radius 1 is 0.806 bits per heavy atom. The summed E-state index contributed by atoms with van der Waals surface area (Å²) in [6.45, 7) is 0.499. The number of H-pyrrole nitrogens is 1. The van der Waals surface area contributed by atoms with Gasteiger partial charge in [0.2, 0.25) is 0 Å². The molecule has 4 rings (SSSR count). The van der Waals surface area contributed by atoms with Crippen LogP contribution in [0.1, 0.15) is 15.9 Å². The van der Waals surface area contributed by atoms with Crippen molar-refractivity contribution < 1.29 is 4.79 Å². The normalized spacial score (nSPS) is 10.6. The van der Waals surface area contributed by atoms with Gasteiger partial charge in [-0.15, -0.1) is 0 Å². The number of aromatic amines is 1. The molecule has 154 valence electrons. The summed E-state index contributed by atoms with van der Waals surface area (Å²) in [6.07, 6.45) is 0.701. The second-order valence-electron chi connectivity index (χ2n) is 7.06. The Balaban J connectivity index is 1.67. The lowest BCUT2D eigenvalue weighted by Gasteiger charge is -2.23. The predicted octanol–water partition coefficient (Wildman–Crippen LogP) is 3.42. The molecule has 0 radical (unpaired) electrons. The van der Waals surface area contributed by atoms with Gasteiger partial charge in [-0.25, -0.2) is 4.68 Å². The van der Waals surface area contributed by atoms with E-state index in [1.165, 1.54) is 12.1 Å². The zero-order valence-electron chi connectivity index (χ0n) is 16.8. The van der Waals surface area contributed by atoms with Gasteiger partial charge in [0, 0.05) is 29.9 Å². The monoisotopic (exact) mass is 411 g/mol. The van der Waals surface area contributed by atoms with Crippen molar-refractivity contribution in [3.8, 4) is 5.69 Å². The molecule has 0 aliphatic heterocycles. The van der Waals surface area contributed by atoms with Crippen molar-refractivity contribution in [2.45, 2.75) is 6.42 Å². The van der Waals surface area contributed by atoms with Crippen LogP contribution in [0, 0.1) is 0 Å². The first kappa shape index (κ1) is 20.1. The molecule has 1 aromatic heterocycles. The van der Waals surface area contributed by atoms with Crippen LogP contribution >= 0.6 is 0 Å². The molecule has 0 atom stereocenters. The second-order valence-corrected chi connectivity index (χ2v) is 7.06. The number of nitrogens with one attached hydrogen (secondary N) is 1. The zero-order valence-corrected chi connectivity index (χ0v) is 16.8. The number of hydrogen-bond donors (Lipinski definition) is 1. The fourth-order valence-electron chi connectivity index (χ4n) is 3.39. The standard InChI is InChI=1S/C25H21N3O3/c29-23-14-15-24(30)28(26-23)22-13-7-10-20(18-22)25(31)27(21-11-5-2-6-12-21)17-16-19-8-3-1-4-9-19/h1-15,18H,16-17H2,(H,26,29). The summed E-state index contributed by atoms with van der Waals surface area (Å²) in [6, 6.07) is 28.5. The van der Waals surface area contributed by atoms with Gasteiger partial charge in [-0.05, 0) is 42.3 Å². The van der Waals surface area contributed by atoms with Gasteiger partial charge in [0.15, 0.2) is 0 Å². The van der Waals surface area contributed by atoms with Gasteiger partial charge in [-0.2, -0.15) is 0 Å². The Bertz CT molecular complexity index is 1290. The highest BCUT2D eigenvalue weighted by Gasteiger charge is 2.18. The van der Waals surface area contributed by atoms with Crippen molar-refractivity contribution in [2.75, 3.05) is 11.4 Å². The first-order chi connectivity index (χ1) is 15.1. The third-order valence-electron chi connectivity index (χ3n) is 4.95. The molecule has 1 heterocycles. The smallest absolute Gasteiger partial charge is 0.269 e. The fourth-order valence-corrected chi connectivity index (χ4v) is 3.39. The number of para-hydroxylation sites is 1. The SMILES string of the molecule is O=C(c1cccc(-n2[nH]c(=O)ccc2=O)c1)N(CCc1ccccc1)c1ccccc1. The van der Waals surface area contributed by atoms with Crippen LogP contribution in [0.4, 0.5) is 5.69 Å². The van der Waals surface area contributed by atoms with Gasteiger partial charge < -0.3 is 4.90 Å². The number of anilines is 1. The Morgan fingerprint density at radius 2 is 1.52 bits per heavy atom. The minimum Gasteiger partial charge on any atom is -0.308 e. The number of rotatable bonds is 6. The van der Waals surface area contributed by atoms with Crippen LogP contribution in [0.15, 0.2) is 107 Å². The molecule has 0 bridgehead atoms. The maximum absolute atomic E-state index is 13.5. The first-order valence-electron chi connectivity index (χ1n) is 9.95. The molecule has 0 unspecified atom stereocenters. The Morgan fingerprint density at radius 3 is 2.26 bits per heavy atom. The topological polar surface area (TPSA) is 75.2 Å². The van der Waals surface area contributed by atoms with E-state index in [1.54, 1.807) is 29.2 Å². The van der Waals surface area contributed by atoms with Crippen molar-refractivity contribution in [2.24, 2.45) is 0 Å². The van der Waals surface area contributed by atoms with Crippen LogP contribution in [0.25, 0.3) is 5.69 Å². The van der Waals surface area contributed by atoms with Gasteiger partial charge in [0.25, 0.3) is 17.0 Å². The molecular weight excluding hydrogens is 390 g/mol. The number of amides is 1. The summed E-state index contributed by atoms with van der Waals surface area (Å²) in [5.74, 6) is -0.185. The number of carbonyl (C=O) groups is 1. The molecule has 6 heteroatoms. The average Bonchev–Trinajstić information content (AvgIpc) is 2.82. The molecule has 0 fully saturated rings. The predicted molar refractivity (Wildman–Crippen MR) is 121 cm³/mol. The van der Waals surface area contributed by atoms with Crippen LogP contribution in [0.5, 0.6) is 0 Å². The summed E-state index contributed by atoms with van der Waals surface area (Å²) in [7, 11) is 0. The Labute approximate surface area is 179 Å². The Hall–Kier alpha value is -4.19. The van der Waals surface area contributed by atoms with E-state index in [-0.39, 0.29) is 11.5 Å². The highest BCUT2D eigenvalue weighted by molar-refractivity contribution is 6.06. The summed E-state index contributed by atoms with van der Waals surface area (Å²) in [5, 5.41) is 2.49. The molecule has 0 spiro atoms. The van der Waals surface area contributed by atoms with E-state index in [0.29, 0.717) is 24.2 Å². The van der Waals surface area contributed by atoms with Crippen LogP contribution in [-0.4, -0.2) is 22.2 Å². The van der Waals surface area contributed by atoms with Gasteiger partial charge >= 0.3 is 0 Å². The van der Waals surface area contributed by atoms with Gasteiger partial charge in [-0.3, -0.25) is 19.5 Å². The second kappa shape index (κ2) is 9.09. The summed E-state index contributed by atoms with van der Waals surface area (Å²) >= 11 is 0. The van der Waals surface area contributed by atoms with E-state index >= 15 is 0 Å². The third kappa shape index (κ3) is 4.70. The van der Waals surface area contributed by atoms with Crippen LogP contribution in [0.3, 0.4) is 0 Å². The summed E-state index contributed by atoms with van der Waals surface area (Å²) in [4.78, 5) is 39.0. The number of aromatic nitrogens is 2. The number of benzene rings is 3. The van der Waals surface area contributed by atoms with Crippen LogP contribution in [-0.2, 0) is 6.42 Å². The molecule has 31 heavy (non-hydrogen) atoms. The molecular formula is C25H21N3O3. The minimum absolute atomic E-state index is 0.185. The molecule has 0 aliphatic carbocycles. The number of hydrogen-bond acceptors (Lipinski definition) is 3. The molecule has 4 aromatic rings. The highest BCUT2D eigenvalue weighted by Crippen LogP contribution is 2.19. The maximum Gasteiger partial charge on any atom is 0.269 e. The van der Waals surface area contributed by atoms with E-state index in [4.69, 9.17) is 0 Å². The minimum atomic E-state index is -0.398. The molecule has 0 saturated heterocycles. The van der Waals surface area contributed by atoms with Gasteiger partial charge in [0.05, 0.1) is 5.69 Å². The number of carbonyl (C=O) groups excluding carboxylic acids is 1. The van der Waals surface area contributed by atoms with Crippen molar-refractivity contribution in [3.05, 3.63) is 129 Å². The molecule has 3 aromatic carbocycles. The molecule has 1 amide bonds. The van der Waals surface area contributed by atoms with E-state index < -0.39 is 5.56 Å². The van der Waals surface area contributed by atoms with Crippen molar-refractivity contribution >= 4 is 11.6 Å². The lowest BCUT2D eigenvalue weighted by Crippen LogP contribution is -2.33. The van der Waals surface area contributed by atoms with Crippen molar-refractivity contribution in [1.82, 2.24) is 9.78 Å².